The Balaban J connectivity index is 0.815. The number of urea groups is 1. The van der Waals surface area contributed by atoms with Crippen LogP contribution in [0.25, 0.3) is 31.9 Å². The Labute approximate surface area is 494 Å². The predicted octanol–water partition coefficient (Wildman–Crippen LogP) is 8.20. The fraction of sp³-hybridized carbons (Fsp3) is 0.383. The zero-order valence-electron chi connectivity index (χ0n) is 47.6. The number of amides is 8. The fourth-order valence-electron chi connectivity index (χ4n) is 10.6. The number of H-pyrrole nitrogens is 2. The molecule has 8 amide bonds. The first-order valence-corrected chi connectivity index (χ1v) is 29.4. The van der Waals surface area contributed by atoms with E-state index in [1.54, 1.807) is 80.4 Å². The van der Waals surface area contributed by atoms with E-state index in [0.717, 1.165) is 57.5 Å². The number of aromatic nitrogens is 2. The second-order valence-corrected chi connectivity index (χ2v) is 22.9. The number of nitrogens with one attached hydrogen (secondary N) is 4. The second-order valence-electron chi connectivity index (χ2n) is 21.7. The number of hydrogen-bond donors (Lipinski definition) is 7. The smallest absolute Gasteiger partial charge is 0.415 e. The van der Waals surface area contributed by atoms with Crippen LogP contribution in [-0.2, 0) is 20.9 Å². The summed E-state index contributed by atoms with van der Waals surface area (Å²) in [5, 5.41) is 9.84. The van der Waals surface area contributed by atoms with Crippen molar-refractivity contribution in [3.63, 3.8) is 0 Å². The molecule has 444 valence electrons. The van der Waals surface area contributed by atoms with Crippen molar-refractivity contribution in [1.82, 2.24) is 30.0 Å². The molecule has 0 saturated carbocycles. The number of ether oxygens (including phenoxy) is 3. The van der Waals surface area contributed by atoms with E-state index in [1.165, 1.54) is 45.9 Å². The number of nitrogens with zero attached hydrogens (tertiary/aromatic N) is 5. The number of benzene rings is 4. The lowest BCUT2D eigenvalue weighted by Gasteiger charge is -2.33. The molecule has 3 aromatic heterocycles. The largest absolute Gasteiger partial charge is 0.492 e. The Morgan fingerprint density at radius 3 is 2.23 bits per heavy atom. The molecule has 0 spiro atoms. The topological polar surface area (TPSA) is 297 Å². The van der Waals surface area contributed by atoms with Crippen LogP contribution in [0.1, 0.15) is 83.1 Å². The molecule has 0 aliphatic carbocycles. The molecular formula is C60H71ClN12O10S. The van der Waals surface area contributed by atoms with Gasteiger partial charge < -0.3 is 66.7 Å². The molecule has 0 radical (unpaired) electrons. The van der Waals surface area contributed by atoms with Crippen molar-refractivity contribution in [2.75, 3.05) is 87.5 Å². The molecule has 3 atom stereocenters. The Bertz CT molecular complexity index is 3600. The van der Waals surface area contributed by atoms with Crippen LogP contribution in [0.2, 0.25) is 0 Å². The minimum atomic E-state index is -1.08. The summed E-state index contributed by atoms with van der Waals surface area (Å²) in [7, 11) is 3.08. The van der Waals surface area contributed by atoms with Gasteiger partial charge in [-0.05, 0) is 134 Å². The van der Waals surface area contributed by atoms with Crippen molar-refractivity contribution in [3.8, 4) is 11.5 Å². The van der Waals surface area contributed by atoms with Gasteiger partial charge in [-0.25, -0.2) is 14.4 Å². The number of likely N-dealkylation sites (tertiary alicyclic amines) is 1. The molecule has 84 heavy (non-hydrogen) atoms. The molecule has 4 aromatic carbocycles. The lowest BCUT2D eigenvalue weighted by Crippen LogP contribution is -2.55. The molecule has 2 aliphatic heterocycles. The molecule has 1 saturated heterocycles. The van der Waals surface area contributed by atoms with Crippen LogP contribution in [0.3, 0.4) is 0 Å². The predicted molar refractivity (Wildman–Crippen MR) is 325 cm³/mol. The van der Waals surface area contributed by atoms with Gasteiger partial charge in [0, 0.05) is 103 Å². The molecule has 1 fully saturated rings. The van der Waals surface area contributed by atoms with Crippen LogP contribution < -0.4 is 47.1 Å². The van der Waals surface area contributed by atoms with Crippen LogP contribution in [0, 0.1) is 12.8 Å². The van der Waals surface area contributed by atoms with Gasteiger partial charge >= 0.3 is 18.2 Å². The molecule has 2 aliphatic rings. The van der Waals surface area contributed by atoms with E-state index in [2.05, 4.69) is 25.5 Å². The molecular weight excluding hydrogens is 1120 g/mol. The molecule has 5 heterocycles. The summed E-state index contributed by atoms with van der Waals surface area (Å²) in [6.45, 7) is 9.69. The average molecular weight is 1190 g/mol. The summed E-state index contributed by atoms with van der Waals surface area (Å²) in [5.74, 6) is -1.14. The summed E-state index contributed by atoms with van der Waals surface area (Å²) in [5.41, 5.74) is 23.3. The van der Waals surface area contributed by atoms with Gasteiger partial charge in [-0.3, -0.25) is 29.0 Å². The van der Waals surface area contributed by atoms with E-state index < -0.39 is 42.1 Å². The van der Waals surface area contributed by atoms with Gasteiger partial charge in [-0.15, -0.1) is 22.9 Å². The third-order valence-corrected chi connectivity index (χ3v) is 16.9. The zero-order valence-corrected chi connectivity index (χ0v) is 49.2. The first-order chi connectivity index (χ1) is 40.3. The van der Waals surface area contributed by atoms with Crippen LogP contribution >= 0.6 is 22.9 Å². The summed E-state index contributed by atoms with van der Waals surface area (Å²) >= 11 is 8.05. The number of aromatic amines is 2. The number of hydrogen-bond acceptors (Lipinski definition) is 13. The van der Waals surface area contributed by atoms with Crippen LogP contribution in [-0.4, -0.2) is 151 Å². The minimum absolute atomic E-state index is 0.0716. The molecule has 0 unspecified atom stereocenters. The van der Waals surface area contributed by atoms with Crippen LogP contribution in [0.15, 0.2) is 84.2 Å². The third kappa shape index (κ3) is 13.7. The highest BCUT2D eigenvalue weighted by Gasteiger charge is 2.38. The number of halogens is 1. The Morgan fingerprint density at radius 1 is 0.857 bits per heavy atom. The van der Waals surface area contributed by atoms with E-state index in [0.29, 0.717) is 57.9 Å². The standard InChI is InChI=1S/C60H71ClN12O10S/c1-34(2)52(62)57(77)73(47(54(63)74)9-8-18-65-58(64)78)41-13-10-36(11-14-41)32-82-59(79)69(4)21-22-70(5)60(80)83-49-29-48-51(50-35(3)33-84-53(49)50)39(30-61)31-72(48)56(76)46-28-37-25-40(12-16-43(37)68-46)66-55(75)45-27-38-26-42(15-17-44(38)67-45)81-24-23-71-19-6-7-20-71/h10-17,25-29,33-34,39,47,52,67-68H,6-9,18-24,30-32,62H2,1-5H3,(H2,63,74)(H,66,75)(H3,64,65,78)/t39-,47+,52+/m1/s1. The fourth-order valence-corrected chi connectivity index (χ4v) is 11.8. The van der Waals surface area contributed by atoms with E-state index in [1.807, 2.05) is 36.6 Å². The summed E-state index contributed by atoms with van der Waals surface area (Å²) in [6.07, 6.45) is 1.52. The van der Waals surface area contributed by atoms with Gasteiger partial charge in [0.25, 0.3) is 11.8 Å². The first kappa shape index (κ1) is 60.2. The van der Waals surface area contributed by atoms with E-state index in [-0.39, 0.29) is 74.5 Å². The highest BCUT2D eigenvalue weighted by Crippen LogP contribution is 2.49. The maximum atomic E-state index is 14.6. The quantitative estimate of drug-likeness (QED) is 0.0236. The Morgan fingerprint density at radius 2 is 1.54 bits per heavy atom. The van der Waals surface area contributed by atoms with Crippen LogP contribution in [0.5, 0.6) is 11.5 Å². The normalized spacial score (nSPS) is 14.8. The Hall–Kier alpha value is -8.38. The molecule has 22 nitrogen and oxygen atoms in total. The van der Waals surface area contributed by atoms with Gasteiger partial charge in [-0.2, -0.15) is 0 Å². The molecule has 10 N–H and O–H groups in total. The number of thiophene rings is 1. The number of rotatable bonds is 23. The monoisotopic (exact) mass is 1190 g/mol. The second kappa shape index (κ2) is 26.5. The van der Waals surface area contributed by atoms with Crippen molar-refractivity contribution in [1.29, 1.82) is 0 Å². The van der Waals surface area contributed by atoms with Crippen LogP contribution in [0.4, 0.5) is 31.4 Å². The van der Waals surface area contributed by atoms with E-state index in [4.69, 9.17) is 43.0 Å². The molecule has 9 rings (SSSR count). The lowest BCUT2D eigenvalue weighted by atomic mass is 9.97. The number of alkyl halides is 1. The van der Waals surface area contributed by atoms with E-state index >= 15 is 0 Å². The van der Waals surface area contributed by atoms with Gasteiger partial charge in [0.15, 0.2) is 5.75 Å². The van der Waals surface area contributed by atoms with Gasteiger partial charge in [0.05, 0.1) is 16.4 Å². The number of nitrogens with two attached hydrogens (primary N) is 3. The van der Waals surface area contributed by atoms with E-state index in [9.17, 15) is 33.6 Å². The lowest BCUT2D eigenvalue weighted by molar-refractivity contribution is -0.126. The maximum Gasteiger partial charge on any atom is 0.415 e. The van der Waals surface area contributed by atoms with Gasteiger partial charge in [0.2, 0.25) is 11.8 Å². The number of anilines is 3. The minimum Gasteiger partial charge on any atom is -0.492 e. The average Bonchev–Trinajstić information content (AvgIpc) is 1.77. The highest BCUT2D eigenvalue weighted by molar-refractivity contribution is 7.17. The zero-order chi connectivity index (χ0) is 59.9. The van der Waals surface area contributed by atoms with Crippen molar-refractivity contribution in [2.45, 2.75) is 71.1 Å². The van der Waals surface area contributed by atoms with Crippen molar-refractivity contribution < 1.29 is 47.8 Å². The molecule has 0 bridgehead atoms. The first-order valence-electron chi connectivity index (χ1n) is 27.9. The molecule has 24 heteroatoms. The van der Waals surface area contributed by atoms with Crippen molar-refractivity contribution >= 4 is 114 Å². The highest BCUT2D eigenvalue weighted by atomic mass is 35.5. The Kier molecular flexibility index (Phi) is 19.0. The SMILES string of the molecule is Cc1csc2c(OC(=O)N(C)CCN(C)C(=O)OCc3ccc(N(C(=O)[C@@H](N)C(C)C)[C@@H](CCCNC(N)=O)C(N)=O)cc3)cc3c(c12)[C@H](CCl)CN3C(=O)c1cc2cc(NC(=O)c3cc4cc(OCCN5CCCC5)ccc4[nH]3)ccc2[nH]1. The van der Waals surface area contributed by atoms with Gasteiger partial charge in [0.1, 0.15) is 36.4 Å². The number of carbonyl (C=O) groups excluding carboxylic acids is 7. The van der Waals surface area contributed by atoms with Crippen molar-refractivity contribution in [2.24, 2.45) is 23.1 Å². The van der Waals surface area contributed by atoms with Gasteiger partial charge in [-0.1, -0.05) is 26.0 Å². The van der Waals surface area contributed by atoms with Crippen molar-refractivity contribution in [3.05, 3.63) is 112 Å². The number of primary amides is 2. The molecule has 7 aromatic rings. The maximum absolute atomic E-state index is 14.6. The number of aryl methyl sites for hydroxylation is 1. The number of fused-ring (bicyclic) bond motifs is 5. The third-order valence-electron chi connectivity index (χ3n) is 15.4. The summed E-state index contributed by atoms with van der Waals surface area (Å²) < 4.78 is 18.4. The number of likely N-dealkylation sites (N-methyl/N-ethyl adjacent to an activating group) is 2. The number of carbonyl (C=O) groups is 7. The summed E-state index contributed by atoms with van der Waals surface area (Å²) in [4.78, 5) is 107. The summed E-state index contributed by atoms with van der Waals surface area (Å²) in [6, 6.07) is 20.1.